The van der Waals surface area contributed by atoms with Gasteiger partial charge < -0.3 is 10.2 Å². The van der Waals surface area contributed by atoms with Crippen molar-refractivity contribution in [2.24, 2.45) is 4.99 Å². The predicted molar refractivity (Wildman–Crippen MR) is 67.3 cm³/mol. The van der Waals surface area contributed by atoms with Crippen molar-refractivity contribution < 1.29 is 0 Å². The lowest BCUT2D eigenvalue weighted by molar-refractivity contribution is 0.467. The largest absolute Gasteiger partial charge is 0.355 e. The predicted octanol–water partition coefficient (Wildman–Crippen LogP) is 1.66. The van der Waals surface area contributed by atoms with Gasteiger partial charge in [0.15, 0.2) is 5.96 Å². The van der Waals surface area contributed by atoms with Crippen LogP contribution in [-0.2, 0) is 0 Å². The lowest BCUT2D eigenvalue weighted by Crippen LogP contribution is -2.40. The van der Waals surface area contributed by atoms with E-state index >= 15 is 0 Å². The van der Waals surface area contributed by atoms with Crippen molar-refractivity contribution in [2.45, 2.75) is 19.8 Å². The van der Waals surface area contributed by atoms with Crippen LogP contribution in [0, 0.1) is 0 Å². The van der Waals surface area contributed by atoms with Crippen molar-refractivity contribution in [3.8, 4) is 0 Å². The third kappa shape index (κ3) is 6.13. The van der Waals surface area contributed by atoms with E-state index < -0.39 is 0 Å². The Bertz CT molecular complexity index is 159. The van der Waals surface area contributed by atoms with Crippen LogP contribution in [0.15, 0.2) is 4.99 Å². The van der Waals surface area contributed by atoms with Gasteiger partial charge in [0.25, 0.3) is 0 Å². The topological polar surface area (TPSA) is 27.6 Å². The Morgan fingerprint density at radius 1 is 1.50 bits per heavy atom. The van der Waals surface area contributed by atoms with E-state index in [0.29, 0.717) is 0 Å². The molecule has 1 N–H and O–H groups in total. The van der Waals surface area contributed by atoms with Gasteiger partial charge >= 0.3 is 0 Å². The molecule has 0 amide bonds. The van der Waals surface area contributed by atoms with Gasteiger partial charge in [0, 0.05) is 32.9 Å². The van der Waals surface area contributed by atoms with Gasteiger partial charge in [0.05, 0.1) is 0 Å². The highest BCUT2D eigenvalue weighted by Crippen LogP contribution is 1.93. The molecule has 0 bridgehead atoms. The first-order valence-electron chi connectivity index (χ1n) is 5.17. The van der Waals surface area contributed by atoms with Crippen LogP contribution in [0.5, 0.6) is 0 Å². The van der Waals surface area contributed by atoms with Gasteiger partial charge in [-0.2, -0.15) is 11.8 Å². The molecular weight excluding hydrogens is 194 g/mol. The molecule has 0 fully saturated rings. The molecular formula is C10H23N3S. The first kappa shape index (κ1) is 13.6. The molecule has 0 atom stereocenters. The molecule has 4 heteroatoms. The van der Waals surface area contributed by atoms with Crippen molar-refractivity contribution >= 4 is 17.7 Å². The maximum atomic E-state index is 4.23. The fourth-order valence-electron chi connectivity index (χ4n) is 1.15. The smallest absolute Gasteiger partial charge is 0.193 e. The number of guanidine groups is 1. The number of nitrogens with one attached hydrogen (secondary N) is 1. The molecule has 84 valence electrons. The second-order valence-electron chi connectivity index (χ2n) is 3.24. The molecule has 3 nitrogen and oxygen atoms in total. The normalized spacial score (nSPS) is 11.6. The Morgan fingerprint density at radius 2 is 2.21 bits per heavy atom. The number of hydrogen-bond donors (Lipinski definition) is 1. The second-order valence-corrected chi connectivity index (χ2v) is 4.23. The maximum absolute atomic E-state index is 4.23. The minimum Gasteiger partial charge on any atom is -0.355 e. The summed E-state index contributed by atoms with van der Waals surface area (Å²) in [6.07, 6.45) is 4.57. The molecule has 0 aliphatic rings. The van der Waals surface area contributed by atoms with Crippen LogP contribution in [0.1, 0.15) is 19.8 Å². The summed E-state index contributed by atoms with van der Waals surface area (Å²) >= 11 is 1.85. The molecule has 0 unspecified atom stereocenters. The molecule has 0 aromatic rings. The standard InChI is InChI=1S/C10H23N3S/c1-5-6-8-13(3)10(11-2)12-7-9-14-4/h5-9H2,1-4H3,(H,11,12). The molecule has 0 radical (unpaired) electrons. The Balaban J connectivity index is 3.76. The fourth-order valence-corrected chi connectivity index (χ4v) is 1.46. The van der Waals surface area contributed by atoms with E-state index in [2.05, 4.69) is 35.4 Å². The number of nitrogens with zero attached hydrogens (tertiary/aromatic N) is 2. The average molecular weight is 217 g/mol. The third-order valence-electron chi connectivity index (χ3n) is 2.01. The van der Waals surface area contributed by atoms with E-state index in [0.717, 1.165) is 24.8 Å². The lowest BCUT2D eigenvalue weighted by atomic mass is 10.3. The fraction of sp³-hybridized carbons (Fsp3) is 0.900. The van der Waals surface area contributed by atoms with Crippen molar-refractivity contribution in [1.82, 2.24) is 10.2 Å². The minimum absolute atomic E-state index is 0.990. The van der Waals surface area contributed by atoms with Gasteiger partial charge in [0.2, 0.25) is 0 Å². The summed E-state index contributed by atoms with van der Waals surface area (Å²) in [5, 5.41) is 3.33. The van der Waals surface area contributed by atoms with Crippen LogP contribution >= 0.6 is 11.8 Å². The van der Waals surface area contributed by atoms with Crippen LogP contribution in [0.25, 0.3) is 0 Å². The Labute approximate surface area is 92.4 Å². The summed E-state index contributed by atoms with van der Waals surface area (Å²) in [7, 11) is 3.92. The Kier molecular flexibility index (Phi) is 8.94. The highest BCUT2D eigenvalue weighted by molar-refractivity contribution is 7.98. The summed E-state index contributed by atoms with van der Waals surface area (Å²) in [6.45, 7) is 4.28. The highest BCUT2D eigenvalue weighted by Gasteiger charge is 2.02. The first-order chi connectivity index (χ1) is 6.76. The molecule has 0 aromatic carbocycles. The number of thioether (sulfide) groups is 1. The molecule has 0 spiro atoms. The van der Waals surface area contributed by atoms with Crippen molar-refractivity contribution in [1.29, 1.82) is 0 Å². The molecule has 0 rings (SSSR count). The molecule has 0 aromatic heterocycles. The zero-order chi connectivity index (χ0) is 10.8. The van der Waals surface area contributed by atoms with Gasteiger partial charge in [-0.25, -0.2) is 0 Å². The number of hydrogen-bond acceptors (Lipinski definition) is 2. The van der Waals surface area contributed by atoms with Crippen LogP contribution in [0.4, 0.5) is 0 Å². The maximum Gasteiger partial charge on any atom is 0.193 e. The first-order valence-corrected chi connectivity index (χ1v) is 6.56. The zero-order valence-corrected chi connectivity index (χ0v) is 10.7. The van der Waals surface area contributed by atoms with Crippen molar-refractivity contribution in [3.05, 3.63) is 0 Å². The van der Waals surface area contributed by atoms with E-state index in [1.807, 2.05) is 18.8 Å². The van der Waals surface area contributed by atoms with E-state index in [1.54, 1.807) is 0 Å². The van der Waals surface area contributed by atoms with Crippen molar-refractivity contribution in [3.63, 3.8) is 0 Å². The Hall–Kier alpha value is -0.380. The molecule has 0 aliphatic heterocycles. The zero-order valence-electron chi connectivity index (χ0n) is 9.84. The van der Waals surface area contributed by atoms with E-state index in [9.17, 15) is 0 Å². The van der Waals surface area contributed by atoms with Crippen LogP contribution in [0.2, 0.25) is 0 Å². The van der Waals surface area contributed by atoms with Gasteiger partial charge in [-0.15, -0.1) is 0 Å². The average Bonchev–Trinajstić information content (AvgIpc) is 2.21. The summed E-state index contributed by atoms with van der Waals surface area (Å²) in [5.74, 6) is 2.13. The van der Waals surface area contributed by atoms with Crippen molar-refractivity contribution in [2.75, 3.05) is 39.2 Å². The second kappa shape index (κ2) is 9.19. The Morgan fingerprint density at radius 3 is 2.71 bits per heavy atom. The third-order valence-corrected chi connectivity index (χ3v) is 2.62. The van der Waals surface area contributed by atoms with Crippen LogP contribution in [-0.4, -0.2) is 50.1 Å². The summed E-state index contributed by atoms with van der Waals surface area (Å²) in [5.41, 5.74) is 0. The SMILES string of the molecule is CCCCN(C)C(=NC)NCCSC. The summed E-state index contributed by atoms with van der Waals surface area (Å²) in [6, 6.07) is 0. The number of unbranched alkanes of at least 4 members (excludes halogenated alkanes) is 1. The summed E-state index contributed by atoms with van der Waals surface area (Å²) < 4.78 is 0. The van der Waals surface area contributed by atoms with Gasteiger partial charge in [-0.3, -0.25) is 4.99 Å². The molecule has 0 heterocycles. The summed E-state index contributed by atoms with van der Waals surface area (Å²) in [4.78, 5) is 6.42. The highest BCUT2D eigenvalue weighted by atomic mass is 32.2. The van der Waals surface area contributed by atoms with Gasteiger partial charge in [-0.05, 0) is 12.7 Å². The molecule has 14 heavy (non-hydrogen) atoms. The van der Waals surface area contributed by atoms with Crippen LogP contribution in [0.3, 0.4) is 0 Å². The van der Waals surface area contributed by atoms with E-state index in [1.165, 1.54) is 12.8 Å². The molecule has 0 aliphatic carbocycles. The van der Waals surface area contributed by atoms with Gasteiger partial charge in [-0.1, -0.05) is 13.3 Å². The number of rotatable bonds is 6. The quantitative estimate of drug-likeness (QED) is 0.416. The number of aliphatic imine (C=N–C) groups is 1. The monoisotopic (exact) mass is 217 g/mol. The molecule has 0 saturated heterocycles. The van der Waals surface area contributed by atoms with Gasteiger partial charge in [0.1, 0.15) is 0 Å². The minimum atomic E-state index is 0.990. The lowest BCUT2D eigenvalue weighted by Gasteiger charge is -2.21. The van der Waals surface area contributed by atoms with E-state index in [-0.39, 0.29) is 0 Å². The van der Waals surface area contributed by atoms with Crippen LogP contribution < -0.4 is 5.32 Å². The molecule has 0 saturated carbocycles. The van der Waals surface area contributed by atoms with E-state index in [4.69, 9.17) is 0 Å².